The molecule has 2 saturated carbocycles. The summed E-state index contributed by atoms with van der Waals surface area (Å²) in [5.74, 6) is 1.85. The number of hydrogen-bond acceptors (Lipinski definition) is 2. The molecule has 3 fully saturated rings. The first-order valence-electron chi connectivity index (χ1n) is 8.44. The molecule has 3 aliphatic rings. The maximum Gasteiger partial charge on any atom is 0.0697 e. The Labute approximate surface area is 117 Å². The third-order valence-electron chi connectivity index (χ3n) is 5.99. The minimum absolute atomic E-state index is 0.319. The summed E-state index contributed by atoms with van der Waals surface area (Å²) in [7, 11) is 0. The standard InChI is InChI=1S/C17H30O2/c1-12-8-9-14-15(10-12)19-16(11-17(14,2)18)13-6-4-3-5-7-13/h12-16,18H,3-11H2,1-2H3/t12-,14-,15-,16-,17+/m1/s1. The van der Waals surface area contributed by atoms with Crippen molar-refractivity contribution in [2.45, 2.75) is 89.4 Å². The van der Waals surface area contributed by atoms with Crippen molar-refractivity contribution in [3.63, 3.8) is 0 Å². The lowest BCUT2D eigenvalue weighted by Gasteiger charge is -2.51. The van der Waals surface area contributed by atoms with E-state index in [1.54, 1.807) is 0 Å². The molecule has 19 heavy (non-hydrogen) atoms. The Morgan fingerprint density at radius 1 is 1.00 bits per heavy atom. The van der Waals surface area contributed by atoms with Crippen LogP contribution in [0.5, 0.6) is 0 Å². The highest BCUT2D eigenvalue weighted by atomic mass is 16.5. The van der Waals surface area contributed by atoms with Crippen LogP contribution in [0, 0.1) is 17.8 Å². The van der Waals surface area contributed by atoms with E-state index in [-0.39, 0.29) is 0 Å². The average molecular weight is 266 g/mol. The van der Waals surface area contributed by atoms with Gasteiger partial charge in [-0.25, -0.2) is 0 Å². The van der Waals surface area contributed by atoms with Gasteiger partial charge in [0.15, 0.2) is 0 Å². The van der Waals surface area contributed by atoms with Gasteiger partial charge in [0.05, 0.1) is 17.8 Å². The minimum atomic E-state index is -0.495. The Kier molecular flexibility index (Phi) is 3.92. The molecule has 1 saturated heterocycles. The molecule has 2 aliphatic carbocycles. The van der Waals surface area contributed by atoms with Crippen molar-refractivity contribution in [2.24, 2.45) is 17.8 Å². The van der Waals surface area contributed by atoms with Crippen LogP contribution in [0.2, 0.25) is 0 Å². The average Bonchev–Trinajstić information content (AvgIpc) is 2.38. The molecule has 2 heteroatoms. The van der Waals surface area contributed by atoms with Crippen LogP contribution < -0.4 is 0 Å². The summed E-state index contributed by atoms with van der Waals surface area (Å²) in [6, 6.07) is 0. The fraction of sp³-hybridized carbons (Fsp3) is 1.00. The van der Waals surface area contributed by atoms with Gasteiger partial charge in [0, 0.05) is 12.3 Å². The van der Waals surface area contributed by atoms with Gasteiger partial charge in [0.2, 0.25) is 0 Å². The van der Waals surface area contributed by atoms with Crippen molar-refractivity contribution in [1.29, 1.82) is 0 Å². The van der Waals surface area contributed by atoms with Gasteiger partial charge in [-0.15, -0.1) is 0 Å². The van der Waals surface area contributed by atoms with E-state index < -0.39 is 5.60 Å². The second kappa shape index (κ2) is 5.37. The molecule has 0 aromatic rings. The van der Waals surface area contributed by atoms with Crippen LogP contribution in [0.25, 0.3) is 0 Å². The van der Waals surface area contributed by atoms with Gasteiger partial charge in [-0.3, -0.25) is 0 Å². The smallest absolute Gasteiger partial charge is 0.0697 e. The van der Waals surface area contributed by atoms with Crippen molar-refractivity contribution >= 4 is 0 Å². The summed E-state index contributed by atoms with van der Waals surface area (Å²) < 4.78 is 6.48. The molecular formula is C17H30O2. The lowest BCUT2D eigenvalue weighted by molar-refractivity contribution is -0.209. The highest BCUT2D eigenvalue weighted by Gasteiger charge is 2.48. The summed E-state index contributed by atoms with van der Waals surface area (Å²) in [4.78, 5) is 0. The molecule has 0 amide bonds. The number of aliphatic hydroxyl groups is 1. The van der Waals surface area contributed by atoms with Gasteiger partial charge in [0.1, 0.15) is 0 Å². The first-order valence-corrected chi connectivity index (χ1v) is 8.44. The van der Waals surface area contributed by atoms with Gasteiger partial charge < -0.3 is 9.84 Å². The fourth-order valence-electron chi connectivity index (χ4n) is 4.81. The van der Waals surface area contributed by atoms with E-state index in [1.165, 1.54) is 38.5 Å². The quantitative estimate of drug-likeness (QED) is 0.779. The Balaban J connectivity index is 1.71. The van der Waals surface area contributed by atoms with Gasteiger partial charge >= 0.3 is 0 Å². The van der Waals surface area contributed by atoms with Crippen LogP contribution in [-0.4, -0.2) is 22.9 Å². The van der Waals surface area contributed by atoms with Crippen LogP contribution in [-0.2, 0) is 4.74 Å². The van der Waals surface area contributed by atoms with Crippen LogP contribution in [0.1, 0.15) is 71.6 Å². The zero-order valence-electron chi connectivity index (χ0n) is 12.6. The van der Waals surface area contributed by atoms with Gasteiger partial charge in [-0.05, 0) is 44.4 Å². The number of hydrogen-bond donors (Lipinski definition) is 1. The molecule has 110 valence electrons. The highest BCUT2D eigenvalue weighted by Crippen LogP contribution is 2.46. The first kappa shape index (κ1) is 13.9. The van der Waals surface area contributed by atoms with Gasteiger partial charge in [-0.2, -0.15) is 0 Å². The Hall–Kier alpha value is -0.0800. The third-order valence-corrected chi connectivity index (χ3v) is 5.99. The van der Waals surface area contributed by atoms with Gasteiger partial charge in [-0.1, -0.05) is 32.6 Å². The maximum atomic E-state index is 10.9. The lowest BCUT2D eigenvalue weighted by atomic mass is 9.67. The largest absolute Gasteiger partial charge is 0.390 e. The summed E-state index contributed by atoms with van der Waals surface area (Å²) in [6.45, 7) is 4.40. The van der Waals surface area contributed by atoms with Crippen LogP contribution in [0.15, 0.2) is 0 Å². The van der Waals surface area contributed by atoms with Crippen LogP contribution >= 0.6 is 0 Å². The van der Waals surface area contributed by atoms with Crippen molar-refractivity contribution < 1.29 is 9.84 Å². The Morgan fingerprint density at radius 3 is 2.47 bits per heavy atom. The van der Waals surface area contributed by atoms with E-state index in [1.807, 2.05) is 0 Å². The molecule has 0 aromatic heterocycles. The molecule has 0 bridgehead atoms. The van der Waals surface area contributed by atoms with E-state index >= 15 is 0 Å². The topological polar surface area (TPSA) is 29.5 Å². The van der Waals surface area contributed by atoms with E-state index in [9.17, 15) is 5.11 Å². The molecule has 0 aromatic carbocycles. The highest BCUT2D eigenvalue weighted by molar-refractivity contribution is 4.98. The van der Waals surface area contributed by atoms with E-state index in [0.717, 1.165) is 25.2 Å². The van der Waals surface area contributed by atoms with Crippen molar-refractivity contribution in [3.05, 3.63) is 0 Å². The number of fused-ring (bicyclic) bond motifs is 1. The van der Waals surface area contributed by atoms with Crippen LogP contribution in [0.3, 0.4) is 0 Å². The molecular weight excluding hydrogens is 236 g/mol. The predicted molar refractivity (Wildman–Crippen MR) is 77.0 cm³/mol. The Morgan fingerprint density at radius 2 is 1.74 bits per heavy atom. The normalized spacial score (nSPS) is 48.8. The molecule has 0 unspecified atom stereocenters. The predicted octanol–water partition coefficient (Wildman–Crippen LogP) is 3.91. The molecule has 0 radical (unpaired) electrons. The maximum absolute atomic E-state index is 10.9. The minimum Gasteiger partial charge on any atom is -0.390 e. The number of ether oxygens (including phenoxy) is 1. The molecule has 1 heterocycles. The zero-order chi connectivity index (χ0) is 13.5. The first-order chi connectivity index (χ1) is 9.06. The molecule has 3 rings (SSSR count). The van der Waals surface area contributed by atoms with E-state index in [2.05, 4.69) is 13.8 Å². The molecule has 1 aliphatic heterocycles. The van der Waals surface area contributed by atoms with E-state index in [0.29, 0.717) is 24.0 Å². The molecule has 5 atom stereocenters. The second-order valence-electron chi connectivity index (χ2n) is 7.70. The van der Waals surface area contributed by atoms with Gasteiger partial charge in [0.25, 0.3) is 0 Å². The second-order valence-corrected chi connectivity index (χ2v) is 7.70. The molecule has 2 nitrogen and oxygen atoms in total. The summed E-state index contributed by atoms with van der Waals surface area (Å²) in [5.41, 5.74) is -0.495. The zero-order valence-corrected chi connectivity index (χ0v) is 12.6. The van der Waals surface area contributed by atoms with Crippen molar-refractivity contribution in [2.75, 3.05) is 0 Å². The SMILES string of the molecule is C[C@@H]1CC[C@@H]2[C@@H](C1)O[C@@H](C1CCCCC1)C[C@]2(C)O. The summed E-state index contributed by atoms with van der Waals surface area (Å²) in [6.07, 6.45) is 11.8. The third kappa shape index (κ3) is 2.85. The monoisotopic (exact) mass is 266 g/mol. The summed E-state index contributed by atoms with van der Waals surface area (Å²) >= 11 is 0. The lowest BCUT2D eigenvalue weighted by Crippen LogP contribution is -2.55. The molecule has 0 spiro atoms. The summed E-state index contributed by atoms with van der Waals surface area (Å²) in [5, 5.41) is 10.9. The Bertz CT molecular complexity index is 306. The molecule has 1 N–H and O–H groups in total. The fourth-order valence-corrected chi connectivity index (χ4v) is 4.81. The van der Waals surface area contributed by atoms with Crippen molar-refractivity contribution in [1.82, 2.24) is 0 Å². The van der Waals surface area contributed by atoms with E-state index in [4.69, 9.17) is 4.74 Å². The van der Waals surface area contributed by atoms with Crippen molar-refractivity contribution in [3.8, 4) is 0 Å². The van der Waals surface area contributed by atoms with Crippen LogP contribution in [0.4, 0.5) is 0 Å². The number of rotatable bonds is 1.